The highest BCUT2D eigenvalue weighted by Gasteiger charge is 2.34. The Morgan fingerprint density at radius 2 is 1.77 bits per heavy atom. The van der Waals surface area contributed by atoms with Gasteiger partial charge in [0.25, 0.3) is 11.6 Å². The molecule has 0 saturated carbocycles. The first-order valence-electron chi connectivity index (χ1n) is 9.22. The zero-order valence-corrected chi connectivity index (χ0v) is 16.7. The highest BCUT2D eigenvalue weighted by Crippen LogP contribution is 2.32. The molecule has 0 aliphatic carbocycles. The lowest BCUT2D eigenvalue weighted by Gasteiger charge is -2.26. The number of nitro benzene ring substituents is 1. The number of rotatable bonds is 5. The molecule has 3 rings (SSSR count). The Morgan fingerprint density at radius 1 is 1.13 bits per heavy atom. The average molecular weight is 412 g/mol. The Balaban J connectivity index is 1.82. The molecule has 0 spiro atoms. The number of anilines is 1. The lowest BCUT2D eigenvalue weighted by molar-refractivity contribution is -0.384. The van der Waals surface area contributed by atoms with Crippen LogP contribution in [-0.4, -0.2) is 42.0 Å². The molecule has 1 heterocycles. The largest absolute Gasteiger partial charge is 0.465 e. The van der Waals surface area contributed by atoms with Crippen LogP contribution in [0.4, 0.5) is 11.4 Å². The van der Waals surface area contributed by atoms with E-state index in [2.05, 4.69) is 4.74 Å². The molecule has 2 aromatic rings. The Labute approximate surface area is 172 Å². The van der Waals surface area contributed by atoms with Gasteiger partial charge in [-0.1, -0.05) is 18.2 Å². The predicted molar refractivity (Wildman–Crippen MR) is 106 cm³/mol. The van der Waals surface area contributed by atoms with E-state index in [1.807, 2.05) is 31.2 Å². The van der Waals surface area contributed by atoms with E-state index in [4.69, 9.17) is 4.74 Å². The second kappa shape index (κ2) is 8.32. The summed E-state index contributed by atoms with van der Waals surface area (Å²) in [6.07, 6.45) is -0.442. The molecule has 156 valence electrons. The topological polar surface area (TPSA) is 116 Å². The van der Waals surface area contributed by atoms with Crippen LogP contribution < -0.4 is 4.90 Å². The number of hydrogen-bond donors (Lipinski definition) is 0. The first kappa shape index (κ1) is 21.0. The van der Waals surface area contributed by atoms with Crippen molar-refractivity contribution in [3.8, 4) is 0 Å². The van der Waals surface area contributed by atoms with Crippen molar-refractivity contribution in [2.45, 2.75) is 32.4 Å². The molecule has 2 atom stereocenters. The van der Waals surface area contributed by atoms with Crippen LogP contribution in [-0.2, 0) is 20.7 Å². The highest BCUT2D eigenvalue weighted by molar-refractivity contribution is 6.01. The molecular weight excluding hydrogens is 392 g/mol. The van der Waals surface area contributed by atoms with Crippen LogP contribution in [0, 0.1) is 10.1 Å². The van der Waals surface area contributed by atoms with Crippen molar-refractivity contribution in [2.75, 3.05) is 12.0 Å². The van der Waals surface area contributed by atoms with Gasteiger partial charge in [0, 0.05) is 23.9 Å². The Morgan fingerprint density at radius 3 is 2.40 bits per heavy atom. The van der Waals surface area contributed by atoms with Crippen LogP contribution in [0.1, 0.15) is 40.1 Å². The van der Waals surface area contributed by atoms with Gasteiger partial charge in [-0.2, -0.15) is 0 Å². The van der Waals surface area contributed by atoms with E-state index in [0.29, 0.717) is 6.42 Å². The minimum absolute atomic E-state index is 0.0974. The van der Waals surface area contributed by atoms with Crippen molar-refractivity contribution in [1.82, 2.24) is 0 Å². The van der Waals surface area contributed by atoms with E-state index < -0.39 is 34.6 Å². The molecule has 0 aromatic heterocycles. The number of amides is 1. The molecule has 9 heteroatoms. The number of nitrogens with zero attached hydrogens (tertiary/aromatic N) is 2. The molecule has 30 heavy (non-hydrogen) atoms. The number of benzene rings is 2. The smallest absolute Gasteiger partial charge is 0.339 e. The van der Waals surface area contributed by atoms with Gasteiger partial charge in [-0.3, -0.25) is 14.9 Å². The third kappa shape index (κ3) is 4.00. The van der Waals surface area contributed by atoms with Crippen LogP contribution >= 0.6 is 0 Å². The molecule has 2 aromatic carbocycles. The molecule has 1 aliphatic heterocycles. The SMILES string of the molecule is COC(=O)c1cc(C(=O)O[C@H](C)C(=O)N2c3ccccc3C[C@@H]2C)cc([N+](=O)[O-])c1. The molecular formula is C21H20N2O7. The van der Waals surface area contributed by atoms with Crippen LogP contribution in [0.15, 0.2) is 42.5 Å². The van der Waals surface area contributed by atoms with E-state index in [1.165, 1.54) is 6.92 Å². The molecule has 0 radical (unpaired) electrons. The van der Waals surface area contributed by atoms with Gasteiger partial charge in [0.15, 0.2) is 6.10 Å². The first-order chi connectivity index (χ1) is 14.2. The Hall–Kier alpha value is -3.75. The lowest BCUT2D eigenvalue weighted by atomic mass is 10.1. The van der Waals surface area contributed by atoms with E-state index in [-0.39, 0.29) is 17.2 Å². The maximum absolute atomic E-state index is 12.9. The maximum atomic E-state index is 12.9. The average Bonchev–Trinajstić information content (AvgIpc) is 3.07. The van der Waals surface area contributed by atoms with Crippen LogP contribution in [0.2, 0.25) is 0 Å². The number of esters is 2. The lowest BCUT2D eigenvalue weighted by Crippen LogP contribution is -2.43. The fourth-order valence-electron chi connectivity index (χ4n) is 3.45. The number of fused-ring (bicyclic) bond motifs is 1. The summed E-state index contributed by atoms with van der Waals surface area (Å²) in [7, 11) is 1.12. The second-order valence-electron chi connectivity index (χ2n) is 6.95. The zero-order valence-electron chi connectivity index (χ0n) is 16.7. The molecule has 1 aliphatic rings. The summed E-state index contributed by atoms with van der Waals surface area (Å²) in [4.78, 5) is 49.3. The van der Waals surface area contributed by atoms with Crippen LogP contribution in [0.25, 0.3) is 0 Å². The van der Waals surface area contributed by atoms with E-state index in [1.54, 1.807) is 4.90 Å². The summed E-state index contributed by atoms with van der Waals surface area (Å²) in [5.74, 6) is -2.19. The third-order valence-corrected chi connectivity index (χ3v) is 4.86. The highest BCUT2D eigenvalue weighted by atomic mass is 16.6. The summed E-state index contributed by atoms with van der Waals surface area (Å²) < 4.78 is 9.84. The van der Waals surface area contributed by atoms with Gasteiger partial charge in [0.05, 0.1) is 23.2 Å². The van der Waals surface area contributed by atoms with Gasteiger partial charge >= 0.3 is 11.9 Å². The standard InChI is InChI=1S/C21H20N2O7/c1-12-8-14-6-4-5-7-18(14)22(12)19(24)13(2)30-21(26)16-9-15(20(25)29-3)10-17(11-16)23(27)28/h4-7,9-13H,8H2,1-3H3/t12-,13+/m0/s1. The molecule has 0 bridgehead atoms. The second-order valence-corrected chi connectivity index (χ2v) is 6.95. The zero-order chi connectivity index (χ0) is 22.0. The molecule has 1 amide bonds. The number of carbonyl (C=O) groups is 3. The van der Waals surface area contributed by atoms with Crippen molar-refractivity contribution in [2.24, 2.45) is 0 Å². The van der Waals surface area contributed by atoms with Gasteiger partial charge in [0.1, 0.15) is 0 Å². The predicted octanol–water partition coefficient (Wildman–Crippen LogP) is 2.90. The number of non-ortho nitro benzene ring substituents is 1. The number of hydrogen-bond acceptors (Lipinski definition) is 7. The van der Waals surface area contributed by atoms with Crippen molar-refractivity contribution < 1.29 is 28.8 Å². The van der Waals surface area contributed by atoms with Gasteiger partial charge in [0.2, 0.25) is 0 Å². The number of methoxy groups -OCH3 is 1. The van der Waals surface area contributed by atoms with Crippen molar-refractivity contribution in [1.29, 1.82) is 0 Å². The van der Waals surface area contributed by atoms with Crippen molar-refractivity contribution in [3.63, 3.8) is 0 Å². The molecule has 0 unspecified atom stereocenters. The minimum Gasteiger partial charge on any atom is -0.465 e. The van der Waals surface area contributed by atoms with Crippen LogP contribution in [0.5, 0.6) is 0 Å². The summed E-state index contributed by atoms with van der Waals surface area (Å²) >= 11 is 0. The Kier molecular flexibility index (Phi) is 5.81. The summed E-state index contributed by atoms with van der Waals surface area (Å²) in [6.45, 7) is 3.34. The van der Waals surface area contributed by atoms with Gasteiger partial charge in [-0.15, -0.1) is 0 Å². The number of nitro groups is 1. The van der Waals surface area contributed by atoms with Crippen molar-refractivity contribution >= 4 is 29.2 Å². The third-order valence-electron chi connectivity index (χ3n) is 4.86. The number of carbonyl (C=O) groups excluding carboxylic acids is 3. The van der Waals surface area contributed by atoms with Gasteiger partial charge in [-0.05, 0) is 38.0 Å². The fraction of sp³-hybridized carbons (Fsp3) is 0.286. The number of para-hydroxylation sites is 1. The number of ether oxygens (including phenoxy) is 2. The maximum Gasteiger partial charge on any atom is 0.339 e. The Bertz CT molecular complexity index is 1030. The summed E-state index contributed by atoms with van der Waals surface area (Å²) in [5, 5.41) is 11.1. The minimum atomic E-state index is -1.13. The van der Waals surface area contributed by atoms with Gasteiger partial charge in [-0.25, -0.2) is 9.59 Å². The van der Waals surface area contributed by atoms with E-state index in [0.717, 1.165) is 36.6 Å². The normalized spacial score (nSPS) is 15.8. The molecule has 0 saturated heterocycles. The molecule has 0 fully saturated rings. The molecule has 9 nitrogen and oxygen atoms in total. The monoisotopic (exact) mass is 412 g/mol. The summed E-state index contributed by atoms with van der Waals surface area (Å²) in [6, 6.07) is 10.5. The van der Waals surface area contributed by atoms with Crippen molar-refractivity contribution in [3.05, 3.63) is 69.3 Å². The van der Waals surface area contributed by atoms with E-state index >= 15 is 0 Å². The van der Waals surface area contributed by atoms with Gasteiger partial charge < -0.3 is 14.4 Å². The molecule has 0 N–H and O–H groups in total. The quantitative estimate of drug-likeness (QED) is 0.421. The van der Waals surface area contributed by atoms with Crippen LogP contribution in [0.3, 0.4) is 0 Å². The first-order valence-corrected chi connectivity index (χ1v) is 9.22. The summed E-state index contributed by atoms with van der Waals surface area (Å²) in [5.41, 5.74) is 0.935. The fourth-order valence-corrected chi connectivity index (χ4v) is 3.45. The van der Waals surface area contributed by atoms with E-state index in [9.17, 15) is 24.5 Å².